The van der Waals surface area contributed by atoms with E-state index >= 15 is 0 Å². The zero-order chi connectivity index (χ0) is 18.8. The lowest BCUT2D eigenvalue weighted by Crippen LogP contribution is -2.39. The molecular formula is C19H16F2N4O2. The fourth-order valence-electron chi connectivity index (χ4n) is 3.20. The summed E-state index contributed by atoms with van der Waals surface area (Å²) in [6, 6.07) is 7.19. The van der Waals surface area contributed by atoms with Gasteiger partial charge in [0.25, 0.3) is 5.91 Å². The molecule has 138 valence electrons. The molecule has 0 N–H and O–H groups in total. The predicted octanol–water partition coefficient (Wildman–Crippen LogP) is 3.43. The number of rotatable bonds is 3. The maximum absolute atomic E-state index is 13.9. The summed E-state index contributed by atoms with van der Waals surface area (Å²) in [6.45, 7) is 0.904. The van der Waals surface area contributed by atoms with E-state index in [1.54, 1.807) is 17.0 Å². The standard InChI is InChI=1S/C19H16F2N4O2/c20-14-5-3-12(4-6-14)17-23-18(27-24-17)13-2-1-9-25(11-13)19(26)15-7-8-22-10-16(15)21/h3-8,10,13H,1-2,9,11H2. The highest BCUT2D eigenvalue weighted by Gasteiger charge is 2.30. The Balaban J connectivity index is 1.51. The Kier molecular flexibility index (Phi) is 4.62. The molecule has 1 unspecified atom stereocenters. The number of piperidine rings is 1. The van der Waals surface area contributed by atoms with Crippen LogP contribution in [0.3, 0.4) is 0 Å². The van der Waals surface area contributed by atoms with Crippen LogP contribution in [-0.2, 0) is 0 Å². The monoisotopic (exact) mass is 370 g/mol. The molecule has 1 saturated heterocycles. The number of halogens is 2. The first-order valence-corrected chi connectivity index (χ1v) is 8.60. The molecule has 0 saturated carbocycles. The highest BCUT2D eigenvalue weighted by molar-refractivity contribution is 5.94. The van der Waals surface area contributed by atoms with E-state index in [1.807, 2.05) is 0 Å². The highest BCUT2D eigenvalue weighted by Crippen LogP contribution is 2.28. The van der Waals surface area contributed by atoms with Gasteiger partial charge in [0, 0.05) is 24.8 Å². The summed E-state index contributed by atoms with van der Waals surface area (Å²) in [6.07, 6.45) is 3.96. The van der Waals surface area contributed by atoms with Crippen LogP contribution in [0.2, 0.25) is 0 Å². The summed E-state index contributed by atoms with van der Waals surface area (Å²) >= 11 is 0. The van der Waals surface area contributed by atoms with Gasteiger partial charge in [-0.3, -0.25) is 9.78 Å². The van der Waals surface area contributed by atoms with Crippen molar-refractivity contribution in [2.24, 2.45) is 0 Å². The topological polar surface area (TPSA) is 72.1 Å². The second-order valence-corrected chi connectivity index (χ2v) is 6.41. The Labute approximate surface area is 153 Å². The average Bonchev–Trinajstić information content (AvgIpc) is 3.19. The van der Waals surface area contributed by atoms with Gasteiger partial charge in [0.1, 0.15) is 5.82 Å². The molecule has 1 aromatic carbocycles. The maximum atomic E-state index is 13.9. The second-order valence-electron chi connectivity index (χ2n) is 6.41. The van der Waals surface area contributed by atoms with E-state index in [1.165, 1.54) is 24.4 Å². The number of carbonyl (C=O) groups excluding carboxylic acids is 1. The van der Waals surface area contributed by atoms with E-state index in [-0.39, 0.29) is 23.2 Å². The Morgan fingerprint density at radius 1 is 1.19 bits per heavy atom. The minimum absolute atomic E-state index is 0.00294. The molecule has 1 amide bonds. The van der Waals surface area contributed by atoms with Crippen molar-refractivity contribution in [2.75, 3.05) is 13.1 Å². The molecule has 2 aromatic heterocycles. The smallest absolute Gasteiger partial charge is 0.256 e. The molecule has 0 spiro atoms. The first kappa shape index (κ1) is 17.3. The van der Waals surface area contributed by atoms with Crippen LogP contribution in [0.15, 0.2) is 47.2 Å². The van der Waals surface area contributed by atoms with E-state index in [0.29, 0.717) is 30.4 Å². The Morgan fingerprint density at radius 2 is 2.00 bits per heavy atom. The Bertz CT molecular complexity index is 958. The molecule has 8 heteroatoms. The van der Waals surface area contributed by atoms with Gasteiger partial charge in [-0.15, -0.1) is 0 Å². The highest BCUT2D eigenvalue weighted by atomic mass is 19.1. The van der Waals surface area contributed by atoms with Gasteiger partial charge < -0.3 is 9.42 Å². The Morgan fingerprint density at radius 3 is 2.78 bits per heavy atom. The van der Waals surface area contributed by atoms with Crippen molar-refractivity contribution in [3.8, 4) is 11.4 Å². The van der Waals surface area contributed by atoms with Crippen molar-refractivity contribution in [1.29, 1.82) is 0 Å². The van der Waals surface area contributed by atoms with E-state index in [4.69, 9.17) is 4.52 Å². The van der Waals surface area contributed by atoms with Crippen molar-refractivity contribution in [1.82, 2.24) is 20.0 Å². The third-order valence-electron chi connectivity index (χ3n) is 4.60. The van der Waals surface area contributed by atoms with Crippen molar-refractivity contribution < 1.29 is 18.1 Å². The molecule has 3 heterocycles. The van der Waals surface area contributed by atoms with Gasteiger partial charge in [-0.05, 0) is 43.2 Å². The van der Waals surface area contributed by atoms with Crippen LogP contribution in [0, 0.1) is 11.6 Å². The van der Waals surface area contributed by atoms with Crippen LogP contribution in [0.25, 0.3) is 11.4 Å². The number of hydrogen-bond acceptors (Lipinski definition) is 5. The van der Waals surface area contributed by atoms with Gasteiger partial charge in [-0.25, -0.2) is 8.78 Å². The van der Waals surface area contributed by atoms with Gasteiger partial charge in [0.05, 0.1) is 17.7 Å². The fourth-order valence-corrected chi connectivity index (χ4v) is 3.20. The molecule has 1 aliphatic rings. The van der Waals surface area contributed by atoms with Gasteiger partial charge >= 0.3 is 0 Å². The van der Waals surface area contributed by atoms with Crippen LogP contribution in [0.5, 0.6) is 0 Å². The molecule has 0 bridgehead atoms. The number of pyridine rings is 1. The first-order valence-electron chi connectivity index (χ1n) is 8.60. The van der Waals surface area contributed by atoms with Crippen LogP contribution in [0.4, 0.5) is 8.78 Å². The predicted molar refractivity (Wildman–Crippen MR) is 91.8 cm³/mol. The third-order valence-corrected chi connectivity index (χ3v) is 4.60. The summed E-state index contributed by atoms with van der Waals surface area (Å²) in [5.74, 6) is -0.698. The molecular weight excluding hydrogens is 354 g/mol. The van der Waals surface area contributed by atoms with Gasteiger partial charge in [0.2, 0.25) is 11.7 Å². The van der Waals surface area contributed by atoms with E-state index < -0.39 is 5.82 Å². The minimum Gasteiger partial charge on any atom is -0.339 e. The third kappa shape index (κ3) is 3.55. The molecule has 0 radical (unpaired) electrons. The lowest BCUT2D eigenvalue weighted by molar-refractivity contribution is 0.0690. The van der Waals surface area contributed by atoms with Gasteiger partial charge in [-0.1, -0.05) is 5.16 Å². The van der Waals surface area contributed by atoms with E-state index in [9.17, 15) is 13.6 Å². The summed E-state index contributed by atoms with van der Waals surface area (Å²) in [5, 5.41) is 3.95. The normalized spacial score (nSPS) is 17.1. The summed E-state index contributed by atoms with van der Waals surface area (Å²) in [5.41, 5.74) is 0.650. The van der Waals surface area contributed by atoms with Crippen LogP contribution < -0.4 is 0 Å². The van der Waals surface area contributed by atoms with E-state index in [2.05, 4.69) is 15.1 Å². The largest absolute Gasteiger partial charge is 0.339 e. The quantitative estimate of drug-likeness (QED) is 0.706. The summed E-state index contributed by atoms with van der Waals surface area (Å²) < 4.78 is 32.3. The average molecular weight is 370 g/mol. The first-order chi connectivity index (χ1) is 13.1. The molecule has 3 aromatic rings. The van der Waals surface area contributed by atoms with Crippen molar-refractivity contribution in [3.05, 3.63) is 65.8 Å². The Hall–Kier alpha value is -3.16. The fraction of sp³-hybridized carbons (Fsp3) is 0.263. The molecule has 27 heavy (non-hydrogen) atoms. The van der Waals surface area contributed by atoms with Crippen molar-refractivity contribution in [3.63, 3.8) is 0 Å². The molecule has 0 aliphatic carbocycles. The number of aromatic nitrogens is 3. The lowest BCUT2D eigenvalue weighted by Gasteiger charge is -2.31. The summed E-state index contributed by atoms with van der Waals surface area (Å²) in [4.78, 5) is 22.3. The van der Waals surface area contributed by atoms with Crippen LogP contribution in [0.1, 0.15) is 35.0 Å². The molecule has 1 fully saturated rings. The number of hydrogen-bond donors (Lipinski definition) is 0. The minimum atomic E-state index is -0.638. The molecule has 1 atom stereocenters. The zero-order valence-electron chi connectivity index (χ0n) is 14.3. The van der Waals surface area contributed by atoms with Crippen LogP contribution in [-0.4, -0.2) is 39.0 Å². The SMILES string of the molecule is O=C(c1ccncc1F)N1CCCC(c2nc(-c3ccc(F)cc3)no2)C1. The van der Waals surface area contributed by atoms with Crippen molar-refractivity contribution >= 4 is 5.91 Å². The number of nitrogens with zero attached hydrogens (tertiary/aromatic N) is 4. The van der Waals surface area contributed by atoms with Gasteiger partial charge in [0.15, 0.2) is 5.82 Å². The maximum Gasteiger partial charge on any atom is 0.256 e. The molecule has 4 rings (SSSR count). The number of benzene rings is 1. The number of amides is 1. The van der Waals surface area contributed by atoms with Crippen LogP contribution >= 0.6 is 0 Å². The number of likely N-dealkylation sites (tertiary alicyclic amines) is 1. The number of carbonyl (C=O) groups is 1. The van der Waals surface area contributed by atoms with Crippen molar-refractivity contribution in [2.45, 2.75) is 18.8 Å². The van der Waals surface area contributed by atoms with E-state index in [0.717, 1.165) is 19.0 Å². The summed E-state index contributed by atoms with van der Waals surface area (Å²) in [7, 11) is 0. The van der Waals surface area contributed by atoms with Gasteiger partial charge in [-0.2, -0.15) is 4.98 Å². The second kappa shape index (κ2) is 7.22. The zero-order valence-corrected chi connectivity index (χ0v) is 14.3. The molecule has 6 nitrogen and oxygen atoms in total. The lowest BCUT2D eigenvalue weighted by atomic mass is 9.97. The molecule has 1 aliphatic heterocycles.